The van der Waals surface area contributed by atoms with Crippen molar-refractivity contribution in [2.75, 3.05) is 25.1 Å². The summed E-state index contributed by atoms with van der Waals surface area (Å²) in [6.07, 6.45) is 22.2. The van der Waals surface area contributed by atoms with E-state index in [0.29, 0.717) is 13.2 Å². The van der Waals surface area contributed by atoms with Crippen molar-refractivity contribution in [2.24, 2.45) is 0 Å². The van der Waals surface area contributed by atoms with Gasteiger partial charge in [0.2, 0.25) is 5.91 Å². The summed E-state index contributed by atoms with van der Waals surface area (Å²) < 4.78 is 11.3. The van der Waals surface area contributed by atoms with Crippen LogP contribution < -0.4 is 10.1 Å². The van der Waals surface area contributed by atoms with Crippen molar-refractivity contribution >= 4 is 11.6 Å². The Morgan fingerprint density at radius 3 is 1.59 bits per heavy atom. The third-order valence-electron chi connectivity index (χ3n) is 5.81. The van der Waals surface area contributed by atoms with Crippen molar-refractivity contribution in [3.8, 4) is 5.75 Å². The Bertz CT molecular complexity index is 544. The van der Waals surface area contributed by atoms with Gasteiger partial charge in [-0.3, -0.25) is 4.79 Å². The van der Waals surface area contributed by atoms with Crippen LogP contribution in [-0.4, -0.2) is 25.7 Å². The van der Waals surface area contributed by atoms with E-state index in [0.717, 1.165) is 24.5 Å². The maximum absolute atomic E-state index is 11.0. The summed E-state index contributed by atoms with van der Waals surface area (Å²) in [5.41, 5.74) is 0.782. The van der Waals surface area contributed by atoms with Crippen molar-refractivity contribution < 1.29 is 14.3 Å². The number of carbonyl (C=O) groups is 1. The molecular formula is C28H49NO3. The van der Waals surface area contributed by atoms with E-state index in [9.17, 15) is 4.79 Å². The van der Waals surface area contributed by atoms with Gasteiger partial charge in [-0.15, -0.1) is 0 Å². The predicted octanol–water partition coefficient (Wildman–Crippen LogP) is 8.30. The number of rotatable bonds is 22. The number of ether oxygens (including phenoxy) is 2. The van der Waals surface area contributed by atoms with Crippen molar-refractivity contribution in [2.45, 2.75) is 117 Å². The average molecular weight is 448 g/mol. The lowest BCUT2D eigenvalue weighted by atomic mass is 10.0. The fourth-order valence-corrected chi connectivity index (χ4v) is 3.91. The Hall–Kier alpha value is -1.55. The lowest BCUT2D eigenvalue weighted by Crippen LogP contribution is -2.08. The maximum Gasteiger partial charge on any atom is 0.221 e. The molecular weight excluding hydrogens is 398 g/mol. The van der Waals surface area contributed by atoms with E-state index in [1.165, 1.54) is 103 Å². The first-order valence-electron chi connectivity index (χ1n) is 13.3. The van der Waals surface area contributed by atoms with E-state index < -0.39 is 0 Å². The van der Waals surface area contributed by atoms with Gasteiger partial charge in [-0.2, -0.15) is 0 Å². The van der Waals surface area contributed by atoms with E-state index >= 15 is 0 Å². The summed E-state index contributed by atoms with van der Waals surface area (Å²) in [5, 5.41) is 2.74. The molecule has 0 aliphatic rings. The zero-order valence-corrected chi connectivity index (χ0v) is 21.0. The van der Waals surface area contributed by atoms with E-state index in [1.54, 1.807) is 0 Å². The van der Waals surface area contributed by atoms with Crippen molar-refractivity contribution in [3.63, 3.8) is 0 Å². The average Bonchev–Trinajstić information content (AvgIpc) is 2.78. The summed E-state index contributed by atoms with van der Waals surface area (Å²) in [6.45, 7) is 5.78. The smallest absolute Gasteiger partial charge is 0.221 e. The minimum atomic E-state index is -0.0684. The van der Waals surface area contributed by atoms with Gasteiger partial charge in [0.1, 0.15) is 12.4 Å². The molecule has 0 fully saturated rings. The number of anilines is 1. The van der Waals surface area contributed by atoms with Gasteiger partial charge in [0.15, 0.2) is 0 Å². The Kier molecular flexibility index (Phi) is 19.0. The first-order valence-corrected chi connectivity index (χ1v) is 13.3. The number of benzene rings is 1. The summed E-state index contributed by atoms with van der Waals surface area (Å²) in [4.78, 5) is 11.0. The van der Waals surface area contributed by atoms with Gasteiger partial charge in [0.25, 0.3) is 0 Å². The molecule has 4 heteroatoms. The first kappa shape index (κ1) is 28.5. The molecule has 0 heterocycles. The highest BCUT2D eigenvalue weighted by Gasteiger charge is 1.98. The second kappa shape index (κ2) is 21.3. The van der Waals surface area contributed by atoms with Crippen molar-refractivity contribution in [1.82, 2.24) is 0 Å². The van der Waals surface area contributed by atoms with Gasteiger partial charge in [0.05, 0.1) is 6.61 Å². The minimum Gasteiger partial charge on any atom is -0.491 e. The molecule has 1 amide bonds. The Morgan fingerprint density at radius 1 is 0.656 bits per heavy atom. The molecule has 0 aromatic heterocycles. The molecule has 4 nitrogen and oxygen atoms in total. The van der Waals surface area contributed by atoms with Crippen LogP contribution in [0.5, 0.6) is 5.75 Å². The zero-order valence-electron chi connectivity index (χ0n) is 21.0. The monoisotopic (exact) mass is 447 g/mol. The van der Waals surface area contributed by atoms with Crippen LogP contribution in [0.15, 0.2) is 24.3 Å². The summed E-state index contributed by atoms with van der Waals surface area (Å²) in [7, 11) is 0. The number of unbranched alkanes of at least 4 members (excludes halogenated alkanes) is 15. The molecule has 184 valence electrons. The van der Waals surface area contributed by atoms with Crippen LogP contribution in [0.3, 0.4) is 0 Å². The SMILES string of the molecule is CCCCCCCCCCCCCCCCCCOCCOc1ccc(NC(C)=O)cc1. The number of amides is 1. The topological polar surface area (TPSA) is 47.6 Å². The highest BCUT2D eigenvalue weighted by atomic mass is 16.5. The minimum absolute atomic E-state index is 0.0684. The third kappa shape index (κ3) is 18.1. The molecule has 0 unspecified atom stereocenters. The Labute approximate surface area is 197 Å². The quantitative estimate of drug-likeness (QED) is 0.182. The maximum atomic E-state index is 11.0. The van der Waals surface area contributed by atoms with Crippen LogP contribution >= 0.6 is 0 Å². The standard InChI is InChI=1S/C28H49NO3/c1-3-4-5-6-7-8-9-10-11-12-13-14-15-16-17-18-23-31-24-25-32-28-21-19-27(20-22-28)29-26(2)30/h19-22H,3-18,23-25H2,1-2H3,(H,29,30). The van der Waals surface area contributed by atoms with Crippen molar-refractivity contribution in [1.29, 1.82) is 0 Å². The van der Waals surface area contributed by atoms with Crippen LogP contribution in [0.1, 0.15) is 117 Å². The summed E-state index contributed by atoms with van der Waals surface area (Å²) in [6, 6.07) is 7.41. The van der Waals surface area contributed by atoms with Gasteiger partial charge in [0, 0.05) is 19.2 Å². The zero-order chi connectivity index (χ0) is 23.1. The van der Waals surface area contributed by atoms with Crippen LogP contribution in [0.4, 0.5) is 5.69 Å². The molecule has 32 heavy (non-hydrogen) atoms. The van der Waals surface area contributed by atoms with Gasteiger partial charge in [-0.1, -0.05) is 103 Å². The number of hydrogen-bond acceptors (Lipinski definition) is 3. The fourth-order valence-electron chi connectivity index (χ4n) is 3.91. The van der Waals surface area contributed by atoms with E-state index in [-0.39, 0.29) is 5.91 Å². The largest absolute Gasteiger partial charge is 0.491 e. The highest BCUT2D eigenvalue weighted by Crippen LogP contribution is 2.16. The third-order valence-corrected chi connectivity index (χ3v) is 5.81. The lowest BCUT2D eigenvalue weighted by molar-refractivity contribution is -0.114. The molecule has 0 atom stereocenters. The van der Waals surface area contributed by atoms with Gasteiger partial charge >= 0.3 is 0 Å². The van der Waals surface area contributed by atoms with Crippen LogP contribution in [0.2, 0.25) is 0 Å². The van der Waals surface area contributed by atoms with E-state index in [4.69, 9.17) is 9.47 Å². The Morgan fingerprint density at radius 2 is 1.12 bits per heavy atom. The number of carbonyl (C=O) groups excluding carboxylic acids is 1. The molecule has 0 saturated heterocycles. The highest BCUT2D eigenvalue weighted by molar-refractivity contribution is 5.88. The number of nitrogens with one attached hydrogen (secondary N) is 1. The molecule has 1 N–H and O–H groups in total. The molecule has 0 aliphatic heterocycles. The second-order valence-electron chi connectivity index (χ2n) is 8.97. The number of hydrogen-bond donors (Lipinski definition) is 1. The molecule has 0 bridgehead atoms. The fraction of sp³-hybridized carbons (Fsp3) is 0.750. The summed E-state index contributed by atoms with van der Waals surface area (Å²) >= 11 is 0. The van der Waals surface area contributed by atoms with Gasteiger partial charge in [-0.05, 0) is 30.7 Å². The predicted molar refractivity (Wildman–Crippen MR) is 137 cm³/mol. The first-order chi connectivity index (χ1) is 15.7. The lowest BCUT2D eigenvalue weighted by Gasteiger charge is -2.08. The molecule has 1 rings (SSSR count). The molecule has 1 aromatic rings. The van der Waals surface area contributed by atoms with Crippen LogP contribution in [-0.2, 0) is 9.53 Å². The molecule has 0 radical (unpaired) electrons. The second-order valence-corrected chi connectivity index (χ2v) is 8.97. The normalized spacial score (nSPS) is 10.9. The van der Waals surface area contributed by atoms with Gasteiger partial charge < -0.3 is 14.8 Å². The summed E-state index contributed by atoms with van der Waals surface area (Å²) in [5.74, 6) is 0.728. The molecule has 0 spiro atoms. The van der Waals surface area contributed by atoms with E-state index in [1.807, 2.05) is 24.3 Å². The van der Waals surface area contributed by atoms with E-state index in [2.05, 4.69) is 12.2 Å². The van der Waals surface area contributed by atoms with Crippen molar-refractivity contribution in [3.05, 3.63) is 24.3 Å². The van der Waals surface area contributed by atoms with Gasteiger partial charge in [-0.25, -0.2) is 0 Å². The molecule has 0 saturated carbocycles. The van der Waals surface area contributed by atoms with Crippen LogP contribution in [0, 0.1) is 0 Å². The Balaban J connectivity index is 1.76. The molecule has 0 aliphatic carbocycles. The van der Waals surface area contributed by atoms with Crippen LogP contribution in [0.25, 0.3) is 0 Å². The molecule has 1 aromatic carbocycles.